The van der Waals surface area contributed by atoms with Crippen LogP contribution in [0.1, 0.15) is 11.1 Å². The summed E-state index contributed by atoms with van der Waals surface area (Å²) < 4.78 is 0. The molecular weight excluding hydrogens is 292 g/mol. The number of benzene rings is 2. The molecule has 2 aromatic carbocycles. The van der Waals surface area contributed by atoms with Gasteiger partial charge in [0.25, 0.3) is 0 Å². The minimum atomic E-state index is 0.667. The Kier molecular flexibility index (Phi) is 4.12. The van der Waals surface area contributed by atoms with Gasteiger partial charge >= 0.3 is 0 Å². The van der Waals surface area contributed by atoms with Crippen molar-refractivity contribution < 1.29 is 0 Å². The third kappa shape index (κ3) is 2.97. The third-order valence-electron chi connectivity index (χ3n) is 3.62. The molecule has 0 unspecified atom stereocenters. The second-order valence-electron chi connectivity index (χ2n) is 5.36. The van der Waals surface area contributed by atoms with Crippen LogP contribution in [0, 0.1) is 0 Å². The molecule has 0 radical (unpaired) electrons. The van der Waals surface area contributed by atoms with E-state index in [2.05, 4.69) is 46.3 Å². The molecule has 0 amide bonds. The number of anilines is 1. The summed E-state index contributed by atoms with van der Waals surface area (Å²) in [5.74, 6) is 0. The molecule has 0 bridgehead atoms. The summed E-state index contributed by atoms with van der Waals surface area (Å²) in [5.41, 5.74) is 4.28. The van der Waals surface area contributed by atoms with E-state index in [1.165, 1.54) is 5.69 Å². The van der Waals surface area contributed by atoms with Gasteiger partial charge in [-0.05, 0) is 23.8 Å². The Morgan fingerprint density at radius 1 is 0.955 bits per heavy atom. The normalized spacial score (nSPS) is 11.2. The van der Waals surface area contributed by atoms with E-state index in [0.717, 1.165) is 22.0 Å². The quantitative estimate of drug-likeness (QED) is 0.667. The number of hydrogen-bond donors (Lipinski definition) is 0. The van der Waals surface area contributed by atoms with E-state index in [1.54, 1.807) is 6.20 Å². The highest BCUT2D eigenvalue weighted by Crippen LogP contribution is 2.26. The predicted molar refractivity (Wildman–Crippen MR) is 96.5 cm³/mol. The van der Waals surface area contributed by atoms with E-state index in [0.29, 0.717) is 5.02 Å². The Labute approximate surface area is 135 Å². The molecule has 2 nitrogen and oxygen atoms in total. The van der Waals surface area contributed by atoms with E-state index in [4.69, 9.17) is 11.6 Å². The Morgan fingerprint density at radius 2 is 1.68 bits per heavy atom. The fraction of sp³-hybridized carbons (Fsp3) is 0.105. The third-order valence-corrected chi connectivity index (χ3v) is 3.92. The van der Waals surface area contributed by atoms with Gasteiger partial charge in [0.2, 0.25) is 0 Å². The van der Waals surface area contributed by atoms with E-state index >= 15 is 0 Å². The molecule has 0 N–H and O–H groups in total. The lowest BCUT2D eigenvalue weighted by atomic mass is 10.1. The van der Waals surface area contributed by atoms with Crippen molar-refractivity contribution in [1.82, 2.24) is 4.98 Å². The molecule has 0 atom stereocenters. The fourth-order valence-corrected chi connectivity index (χ4v) is 2.58. The molecule has 0 aliphatic rings. The highest BCUT2D eigenvalue weighted by atomic mass is 35.5. The summed E-state index contributed by atoms with van der Waals surface area (Å²) in [7, 11) is 4.07. The molecular formula is C19H17ClN2. The molecule has 3 aromatic rings. The fourth-order valence-electron chi connectivity index (χ4n) is 2.37. The lowest BCUT2D eigenvalue weighted by Crippen LogP contribution is -2.07. The van der Waals surface area contributed by atoms with E-state index < -0.39 is 0 Å². The lowest BCUT2D eigenvalue weighted by molar-refractivity contribution is 1.13. The van der Waals surface area contributed by atoms with Gasteiger partial charge in [-0.1, -0.05) is 54.1 Å². The van der Waals surface area contributed by atoms with E-state index in [-0.39, 0.29) is 0 Å². The number of pyridine rings is 1. The number of halogens is 1. The largest absolute Gasteiger partial charge is 0.378 e. The zero-order valence-electron chi connectivity index (χ0n) is 12.6. The smallest absolute Gasteiger partial charge is 0.0709 e. The summed E-state index contributed by atoms with van der Waals surface area (Å²) in [4.78, 5) is 6.44. The van der Waals surface area contributed by atoms with Crippen molar-refractivity contribution in [1.29, 1.82) is 0 Å². The standard InChI is InChI=1S/C19H17ClN2/c1-22(2)15-10-7-14(8-11-15)9-12-16-17-5-3-4-6-19(17)21-13-18(16)20/h3-13H,1-2H3/b12-9+. The number of fused-ring (bicyclic) bond motifs is 1. The van der Waals surface area contributed by atoms with Gasteiger partial charge in [-0.3, -0.25) is 4.98 Å². The molecule has 22 heavy (non-hydrogen) atoms. The molecule has 0 spiro atoms. The maximum atomic E-state index is 6.32. The summed E-state index contributed by atoms with van der Waals surface area (Å²) in [5, 5.41) is 1.73. The zero-order chi connectivity index (χ0) is 15.5. The molecule has 0 aliphatic heterocycles. The summed E-state index contributed by atoms with van der Waals surface area (Å²) in [6, 6.07) is 16.4. The van der Waals surface area contributed by atoms with Gasteiger partial charge < -0.3 is 4.90 Å². The van der Waals surface area contributed by atoms with Crippen LogP contribution in [0.2, 0.25) is 5.02 Å². The average molecular weight is 309 g/mol. The van der Waals surface area contributed by atoms with Gasteiger partial charge in [-0.15, -0.1) is 0 Å². The van der Waals surface area contributed by atoms with Crippen molar-refractivity contribution in [3.05, 3.63) is 70.9 Å². The molecule has 110 valence electrons. The summed E-state index contributed by atoms with van der Waals surface area (Å²) in [6.45, 7) is 0. The van der Waals surface area contributed by atoms with Gasteiger partial charge in [-0.2, -0.15) is 0 Å². The van der Waals surface area contributed by atoms with Crippen LogP contribution in [-0.4, -0.2) is 19.1 Å². The van der Waals surface area contributed by atoms with Crippen LogP contribution in [0.4, 0.5) is 5.69 Å². The zero-order valence-corrected chi connectivity index (χ0v) is 13.4. The van der Waals surface area contributed by atoms with Crippen molar-refractivity contribution >= 4 is 40.3 Å². The van der Waals surface area contributed by atoms with Crippen molar-refractivity contribution in [2.45, 2.75) is 0 Å². The summed E-state index contributed by atoms with van der Waals surface area (Å²) >= 11 is 6.32. The molecule has 1 aromatic heterocycles. The maximum absolute atomic E-state index is 6.32. The number of rotatable bonds is 3. The van der Waals surface area contributed by atoms with Crippen LogP contribution in [0.3, 0.4) is 0 Å². The minimum Gasteiger partial charge on any atom is -0.378 e. The molecule has 0 aliphatic carbocycles. The average Bonchev–Trinajstić information content (AvgIpc) is 2.54. The van der Waals surface area contributed by atoms with Crippen LogP contribution >= 0.6 is 11.6 Å². The topological polar surface area (TPSA) is 16.1 Å². The van der Waals surface area contributed by atoms with Crippen LogP contribution in [-0.2, 0) is 0 Å². The lowest BCUT2D eigenvalue weighted by Gasteiger charge is -2.11. The van der Waals surface area contributed by atoms with Gasteiger partial charge in [0, 0.05) is 36.9 Å². The first kappa shape index (κ1) is 14.6. The van der Waals surface area contributed by atoms with Crippen LogP contribution in [0.5, 0.6) is 0 Å². The molecule has 0 saturated heterocycles. The van der Waals surface area contributed by atoms with Gasteiger partial charge in [0.05, 0.1) is 10.5 Å². The Bertz CT molecular complexity index is 820. The first-order chi connectivity index (χ1) is 10.6. The van der Waals surface area contributed by atoms with Crippen LogP contribution < -0.4 is 4.90 Å². The second-order valence-corrected chi connectivity index (χ2v) is 5.76. The number of hydrogen-bond acceptors (Lipinski definition) is 2. The monoisotopic (exact) mass is 308 g/mol. The summed E-state index contributed by atoms with van der Waals surface area (Å²) in [6.07, 6.45) is 5.84. The van der Waals surface area contributed by atoms with Crippen molar-refractivity contribution in [2.24, 2.45) is 0 Å². The molecule has 0 fully saturated rings. The number of para-hydroxylation sites is 1. The van der Waals surface area contributed by atoms with Crippen LogP contribution in [0.25, 0.3) is 23.1 Å². The molecule has 0 saturated carbocycles. The minimum absolute atomic E-state index is 0.667. The highest BCUT2D eigenvalue weighted by molar-refractivity contribution is 6.33. The van der Waals surface area contributed by atoms with E-state index in [1.807, 2.05) is 38.4 Å². The number of nitrogens with zero attached hydrogens (tertiary/aromatic N) is 2. The SMILES string of the molecule is CN(C)c1ccc(/C=C/c2c(Cl)cnc3ccccc23)cc1. The molecule has 3 rings (SSSR count). The van der Waals surface area contributed by atoms with Crippen LogP contribution in [0.15, 0.2) is 54.7 Å². The Hall–Kier alpha value is -2.32. The van der Waals surface area contributed by atoms with Crippen molar-refractivity contribution in [3.63, 3.8) is 0 Å². The van der Waals surface area contributed by atoms with Crippen molar-refractivity contribution in [3.8, 4) is 0 Å². The molecule has 3 heteroatoms. The predicted octanol–water partition coefficient (Wildman–Crippen LogP) is 5.12. The highest BCUT2D eigenvalue weighted by Gasteiger charge is 2.04. The van der Waals surface area contributed by atoms with Crippen molar-refractivity contribution in [2.75, 3.05) is 19.0 Å². The Morgan fingerprint density at radius 3 is 2.41 bits per heavy atom. The van der Waals surface area contributed by atoms with E-state index in [9.17, 15) is 0 Å². The second kappa shape index (κ2) is 6.20. The number of aromatic nitrogens is 1. The first-order valence-corrected chi connectivity index (χ1v) is 7.51. The molecule has 1 heterocycles. The Balaban J connectivity index is 1.97. The maximum Gasteiger partial charge on any atom is 0.0709 e. The first-order valence-electron chi connectivity index (χ1n) is 7.14. The van der Waals surface area contributed by atoms with Gasteiger partial charge in [0.15, 0.2) is 0 Å². The van der Waals surface area contributed by atoms with Gasteiger partial charge in [-0.25, -0.2) is 0 Å². The van der Waals surface area contributed by atoms with Gasteiger partial charge in [0.1, 0.15) is 0 Å².